The van der Waals surface area contributed by atoms with Gasteiger partial charge in [0.15, 0.2) is 0 Å². The number of ether oxygens (including phenoxy) is 2. The first-order valence-electron chi connectivity index (χ1n) is 10.3. The van der Waals surface area contributed by atoms with Gasteiger partial charge in [0.05, 0.1) is 25.2 Å². The van der Waals surface area contributed by atoms with Crippen molar-refractivity contribution in [1.29, 1.82) is 0 Å². The first kappa shape index (κ1) is 23.5. The summed E-state index contributed by atoms with van der Waals surface area (Å²) in [5.41, 5.74) is 0. The van der Waals surface area contributed by atoms with E-state index in [-0.39, 0.29) is 24.6 Å². The second-order valence-electron chi connectivity index (χ2n) is 7.73. The molecule has 0 bridgehead atoms. The lowest BCUT2D eigenvalue weighted by Crippen LogP contribution is -2.44. The Labute approximate surface area is 162 Å². The molecule has 7 heteroatoms. The van der Waals surface area contributed by atoms with Crippen LogP contribution >= 0.6 is 0 Å². The van der Waals surface area contributed by atoms with Crippen LogP contribution in [0.2, 0.25) is 0 Å². The highest BCUT2D eigenvalue weighted by atomic mass is 16.6. The summed E-state index contributed by atoms with van der Waals surface area (Å²) in [5.74, 6) is 0.0285. The summed E-state index contributed by atoms with van der Waals surface area (Å²) in [4.78, 5) is 35.0. The molecule has 0 radical (unpaired) electrons. The van der Waals surface area contributed by atoms with E-state index in [0.717, 1.165) is 38.5 Å². The van der Waals surface area contributed by atoms with E-state index in [1.165, 1.54) is 0 Å². The van der Waals surface area contributed by atoms with Gasteiger partial charge in [0.2, 0.25) is 0 Å². The van der Waals surface area contributed by atoms with Gasteiger partial charge in [-0.2, -0.15) is 4.91 Å². The lowest BCUT2D eigenvalue weighted by atomic mass is 9.82. The van der Waals surface area contributed by atoms with Gasteiger partial charge in [-0.25, -0.2) is 0 Å². The normalized spacial score (nSPS) is 23.1. The number of carbonyl (C=O) groups is 2. The minimum Gasteiger partial charge on any atom is -0.463 e. The highest BCUT2D eigenvalue weighted by Gasteiger charge is 2.28. The first-order chi connectivity index (χ1) is 12.9. The SMILES string of the molecule is CCC(C)OC(=O)CC(NCC1CCC(CN=O)CC1)C(=O)OC(C)CC. The molecule has 1 rings (SSSR count). The second-order valence-corrected chi connectivity index (χ2v) is 7.73. The van der Waals surface area contributed by atoms with Crippen molar-refractivity contribution in [2.24, 2.45) is 17.0 Å². The van der Waals surface area contributed by atoms with Crippen molar-refractivity contribution in [3.05, 3.63) is 4.91 Å². The lowest BCUT2D eigenvalue weighted by molar-refractivity contribution is -0.157. The van der Waals surface area contributed by atoms with E-state index < -0.39 is 12.0 Å². The molecular formula is C20H36N2O5. The van der Waals surface area contributed by atoms with Gasteiger partial charge in [-0.1, -0.05) is 19.0 Å². The minimum absolute atomic E-state index is 0.0238. The maximum absolute atomic E-state index is 12.5. The zero-order valence-corrected chi connectivity index (χ0v) is 17.2. The predicted octanol–water partition coefficient (Wildman–Crippen LogP) is 3.59. The maximum atomic E-state index is 12.5. The molecule has 0 saturated heterocycles. The number of hydrogen-bond donors (Lipinski definition) is 1. The van der Waals surface area contributed by atoms with E-state index in [9.17, 15) is 14.5 Å². The van der Waals surface area contributed by atoms with Crippen LogP contribution in [0.1, 0.15) is 72.6 Å². The van der Waals surface area contributed by atoms with Crippen molar-refractivity contribution in [3.8, 4) is 0 Å². The van der Waals surface area contributed by atoms with Crippen LogP contribution in [0.3, 0.4) is 0 Å². The van der Waals surface area contributed by atoms with E-state index in [2.05, 4.69) is 10.5 Å². The Bertz CT molecular complexity index is 463. The average molecular weight is 385 g/mol. The Hall–Kier alpha value is -1.50. The van der Waals surface area contributed by atoms with Crippen LogP contribution in [0.4, 0.5) is 0 Å². The van der Waals surface area contributed by atoms with Crippen molar-refractivity contribution >= 4 is 11.9 Å². The fourth-order valence-electron chi connectivity index (χ4n) is 3.16. The van der Waals surface area contributed by atoms with Crippen LogP contribution in [0, 0.1) is 16.7 Å². The largest absolute Gasteiger partial charge is 0.463 e. The number of nitrogens with one attached hydrogen (secondary N) is 1. The lowest BCUT2D eigenvalue weighted by Gasteiger charge is -2.28. The van der Waals surface area contributed by atoms with Gasteiger partial charge in [0.1, 0.15) is 6.04 Å². The smallest absolute Gasteiger partial charge is 0.324 e. The van der Waals surface area contributed by atoms with Crippen molar-refractivity contribution in [2.45, 2.75) is 90.9 Å². The monoisotopic (exact) mass is 384 g/mol. The van der Waals surface area contributed by atoms with Crippen LogP contribution in [0.5, 0.6) is 0 Å². The van der Waals surface area contributed by atoms with E-state index >= 15 is 0 Å². The standard InChI is InChI=1S/C20H36N2O5/c1-5-14(3)26-19(23)11-18(20(24)27-15(4)6-2)21-12-16-7-9-17(10-8-16)13-22-25/h14-18,21H,5-13H2,1-4H3. The third kappa shape index (κ3) is 9.31. The summed E-state index contributed by atoms with van der Waals surface area (Å²) < 4.78 is 10.7. The van der Waals surface area contributed by atoms with Crippen LogP contribution in [-0.4, -0.2) is 43.3 Å². The molecule has 7 nitrogen and oxygen atoms in total. The molecule has 1 aliphatic carbocycles. The Morgan fingerprint density at radius 1 is 1.00 bits per heavy atom. The highest BCUT2D eigenvalue weighted by molar-refractivity contribution is 5.82. The summed E-state index contributed by atoms with van der Waals surface area (Å²) in [6.45, 7) is 8.62. The molecule has 0 aromatic rings. The van der Waals surface area contributed by atoms with Crippen molar-refractivity contribution < 1.29 is 19.1 Å². The number of rotatable bonds is 12. The first-order valence-corrected chi connectivity index (χ1v) is 10.3. The predicted molar refractivity (Wildman–Crippen MR) is 104 cm³/mol. The molecule has 156 valence electrons. The molecule has 1 saturated carbocycles. The zero-order valence-electron chi connectivity index (χ0n) is 17.2. The third-order valence-corrected chi connectivity index (χ3v) is 5.41. The highest BCUT2D eigenvalue weighted by Crippen LogP contribution is 2.28. The Balaban J connectivity index is 2.56. The van der Waals surface area contributed by atoms with Crippen LogP contribution in [0.15, 0.2) is 5.18 Å². The van der Waals surface area contributed by atoms with Gasteiger partial charge < -0.3 is 14.8 Å². The molecule has 1 N–H and O–H groups in total. The number of nitroso groups, excluding NO2 is 1. The van der Waals surface area contributed by atoms with Gasteiger partial charge in [-0.05, 0) is 70.8 Å². The molecular weight excluding hydrogens is 348 g/mol. The molecule has 0 aromatic carbocycles. The summed E-state index contributed by atoms with van der Waals surface area (Å²) in [7, 11) is 0. The van der Waals surface area contributed by atoms with Crippen molar-refractivity contribution in [1.82, 2.24) is 5.32 Å². The molecule has 1 fully saturated rings. The molecule has 27 heavy (non-hydrogen) atoms. The molecule has 0 amide bonds. The van der Waals surface area contributed by atoms with E-state index in [1.807, 2.05) is 27.7 Å². The molecule has 0 heterocycles. The van der Waals surface area contributed by atoms with E-state index in [4.69, 9.17) is 9.47 Å². The quantitative estimate of drug-likeness (QED) is 0.408. The van der Waals surface area contributed by atoms with Gasteiger partial charge in [-0.3, -0.25) is 9.59 Å². The Morgan fingerprint density at radius 3 is 2.11 bits per heavy atom. The van der Waals surface area contributed by atoms with Crippen LogP contribution in [0.25, 0.3) is 0 Å². The Morgan fingerprint density at radius 2 is 1.56 bits per heavy atom. The van der Waals surface area contributed by atoms with Gasteiger partial charge in [0.25, 0.3) is 0 Å². The molecule has 1 aliphatic rings. The average Bonchev–Trinajstić information content (AvgIpc) is 2.66. The minimum atomic E-state index is -0.690. The van der Waals surface area contributed by atoms with Crippen LogP contribution < -0.4 is 5.32 Å². The summed E-state index contributed by atoms with van der Waals surface area (Å²) in [6.07, 6.45) is 5.06. The van der Waals surface area contributed by atoms with E-state index in [0.29, 0.717) is 24.9 Å². The van der Waals surface area contributed by atoms with Gasteiger partial charge >= 0.3 is 11.9 Å². The molecule has 3 atom stereocenters. The fourth-order valence-corrected chi connectivity index (χ4v) is 3.16. The Kier molecular flexibility index (Phi) is 11.2. The molecule has 3 unspecified atom stereocenters. The van der Waals surface area contributed by atoms with E-state index in [1.54, 1.807) is 0 Å². The summed E-state index contributed by atoms with van der Waals surface area (Å²) in [6, 6.07) is -0.690. The fraction of sp³-hybridized carbons (Fsp3) is 0.900. The maximum Gasteiger partial charge on any atom is 0.324 e. The second kappa shape index (κ2) is 12.8. The number of nitrogens with zero attached hydrogens (tertiary/aromatic N) is 1. The van der Waals surface area contributed by atoms with Crippen LogP contribution in [-0.2, 0) is 19.1 Å². The molecule has 0 aliphatic heterocycles. The summed E-state index contributed by atoms with van der Waals surface area (Å²) >= 11 is 0. The molecule has 0 spiro atoms. The summed E-state index contributed by atoms with van der Waals surface area (Å²) in [5, 5.41) is 6.23. The van der Waals surface area contributed by atoms with Gasteiger partial charge in [0, 0.05) is 0 Å². The van der Waals surface area contributed by atoms with Crippen molar-refractivity contribution in [2.75, 3.05) is 13.1 Å². The van der Waals surface area contributed by atoms with Crippen molar-refractivity contribution in [3.63, 3.8) is 0 Å². The topological polar surface area (TPSA) is 94.1 Å². The zero-order chi connectivity index (χ0) is 20.2. The number of carbonyl (C=O) groups excluding carboxylic acids is 2. The molecule has 0 aromatic heterocycles. The van der Waals surface area contributed by atoms with Gasteiger partial charge in [-0.15, -0.1) is 0 Å². The number of esters is 2. The number of hydrogen-bond acceptors (Lipinski definition) is 7. The third-order valence-electron chi connectivity index (χ3n) is 5.41.